The number of imide groups is 1. The lowest BCUT2D eigenvalue weighted by molar-refractivity contribution is -0.121. The van der Waals surface area contributed by atoms with Crippen molar-refractivity contribution < 1.29 is 19.1 Å². The molecule has 0 atom stereocenters. The van der Waals surface area contributed by atoms with Crippen LogP contribution in [0.2, 0.25) is 0 Å². The molecule has 0 unspecified atom stereocenters. The number of fused-ring (bicyclic) bond motifs is 1. The van der Waals surface area contributed by atoms with Gasteiger partial charge >= 0.3 is 0 Å². The fraction of sp³-hybridized carbons (Fsp3) is 0.500. The summed E-state index contributed by atoms with van der Waals surface area (Å²) in [4.78, 5) is 39.8. The molecule has 0 radical (unpaired) electrons. The summed E-state index contributed by atoms with van der Waals surface area (Å²) in [6, 6.07) is 6.64. The quantitative estimate of drug-likeness (QED) is 0.575. The van der Waals surface area contributed by atoms with Crippen LogP contribution in [-0.2, 0) is 9.53 Å². The predicted molar refractivity (Wildman–Crippen MR) is 91.3 cm³/mol. The Kier molecular flexibility index (Phi) is 5.78. The van der Waals surface area contributed by atoms with Crippen molar-refractivity contribution in [3.8, 4) is 0 Å². The Morgan fingerprint density at radius 1 is 1.04 bits per heavy atom. The second kappa shape index (κ2) is 8.22. The zero-order valence-electron chi connectivity index (χ0n) is 14.2. The molecule has 3 rings (SSSR count). The molecule has 7 heteroatoms. The molecule has 0 aliphatic carbocycles. The van der Waals surface area contributed by atoms with E-state index in [0.29, 0.717) is 17.7 Å². The van der Waals surface area contributed by atoms with Gasteiger partial charge in [-0.15, -0.1) is 0 Å². The maximum absolute atomic E-state index is 12.2. The fourth-order valence-electron chi connectivity index (χ4n) is 3.10. The van der Waals surface area contributed by atoms with Gasteiger partial charge in [-0.25, -0.2) is 0 Å². The van der Waals surface area contributed by atoms with Gasteiger partial charge in [0.25, 0.3) is 11.8 Å². The van der Waals surface area contributed by atoms with Crippen molar-refractivity contribution in [2.75, 3.05) is 45.9 Å². The standard InChI is InChI=1S/C18H23N3O4/c22-16(19-7-3-4-8-20-9-11-25-12-10-20)13-21-17(23)14-5-1-2-6-15(14)18(21)24/h1-2,5-6H,3-4,7-13H2,(H,19,22). The van der Waals surface area contributed by atoms with Gasteiger partial charge in [-0.1, -0.05) is 12.1 Å². The van der Waals surface area contributed by atoms with E-state index in [1.165, 1.54) is 0 Å². The first-order valence-electron chi connectivity index (χ1n) is 8.69. The van der Waals surface area contributed by atoms with E-state index >= 15 is 0 Å². The molecule has 1 aromatic carbocycles. The van der Waals surface area contributed by atoms with Gasteiger partial charge in [-0.05, 0) is 31.5 Å². The van der Waals surface area contributed by atoms with Gasteiger partial charge in [0.15, 0.2) is 0 Å². The van der Waals surface area contributed by atoms with Crippen molar-refractivity contribution in [1.82, 2.24) is 15.1 Å². The molecule has 0 spiro atoms. The number of carbonyl (C=O) groups excluding carboxylic acids is 3. The smallest absolute Gasteiger partial charge is 0.262 e. The molecule has 7 nitrogen and oxygen atoms in total. The molecule has 3 amide bonds. The molecule has 2 aliphatic heterocycles. The average Bonchev–Trinajstić information content (AvgIpc) is 2.88. The molecule has 2 aliphatic rings. The second-order valence-corrected chi connectivity index (χ2v) is 6.25. The maximum Gasteiger partial charge on any atom is 0.262 e. The highest BCUT2D eigenvalue weighted by molar-refractivity contribution is 6.22. The Labute approximate surface area is 146 Å². The van der Waals surface area contributed by atoms with E-state index in [-0.39, 0.29) is 12.5 Å². The van der Waals surface area contributed by atoms with Crippen LogP contribution in [-0.4, -0.2) is 73.5 Å². The molecular formula is C18H23N3O4. The highest BCUT2D eigenvalue weighted by Crippen LogP contribution is 2.21. The van der Waals surface area contributed by atoms with E-state index in [2.05, 4.69) is 10.2 Å². The summed E-state index contributed by atoms with van der Waals surface area (Å²) in [6.45, 7) is 4.83. The van der Waals surface area contributed by atoms with Crippen molar-refractivity contribution in [3.63, 3.8) is 0 Å². The molecule has 0 saturated carbocycles. The van der Waals surface area contributed by atoms with Gasteiger partial charge < -0.3 is 10.1 Å². The number of unbranched alkanes of at least 4 members (excludes halogenated alkanes) is 1. The van der Waals surface area contributed by atoms with E-state index in [1.807, 2.05) is 0 Å². The van der Waals surface area contributed by atoms with Gasteiger partial charge in [0.05, 0.1) is 24.3 Å². The average molecular weight is 345 g/mol. The summed E-state index contributed by atoms with van der Waals surface area (Å²) in [7, 11) is 0. The Morgan fingerprint density at radius 2 is 1.68 bits per heavy atom. The Morgan fingerprint density at radius 3 is 2.32 bits per heavy atom. The van der Waals surface area contributed by atoms with Crippen molar-refractivity contribution in [1.29, 1.82) is 0 Å². The zero-order valence-corrected chi connectivity index (χ0v) is 14.2. The Hall–Kier alpha value is -2.25. The van der Waals surface area contributed by atoms with Gasteiger partial charge in [0.2, 0.25) is 5.91 Å². The first-order valence-corrected chi connectivity index (χ1v) is 8.69. The van der Waals surface area contributed by atoms with E-state index in [4.69, 9.17) is 4.74 Å². The predicted octanol–water partition coefficient (Wildman–Crippen LogP) is 0.511. The monoisotopic (exact) mass is 345 g/mol. The van der Waals surface area contributed by atoms with Crippen LogP contribution in [0.4, 0.5) is 0 Å². The summed E-state index contributed by atoms with van der Waals surface area (Å²) >= 11 is 0. The third-order valence-electron chi connectivity index (χ3n) is 4.51. The lowest BCUT2D eigenvalue weighted by atomic mass is 10.1. The number of nitrogens with zero attached hydrogens (tertiary/aromatic N) is 2. The van der Waals surface area contributed by atoms with Gasteiger partial charge in [-0.3, -0.25) is 24.2 Å². The lowest BCUT2D eigenvalue weighted by Gasteiger charge is -2.26. The number of hydrogen-bond acceptors (Lipinski definition) is 5. The number of carbonyl (C=O) groups is 3. The number of nitrogens with one attached hydrogen (secondary N) is 1. The first kappa shape index (κ1) is 17.6. The number of hydrogen-bond donors (Lipinski definition) is 1. The van der Waals surface area contributed by atoms with Crippen LogP contribution < -0.4 is 5.32 Å². The van der Waals surface area contributed by atoms with Crippen LogP contribution in [0.15, 0.2) is 24.3 Å². The molecule has 0 bridgehead atoms. The third kappa shape index (κ3) is 4.24. The number of benzene rings is 1. The van der Waals surface area contributed by atoms with Crippen molar-refractivity contribution >= 4 is 17.7 Å². The van der Waals surface area contributed by atoms with Crippen molar-refractivity contribution in [2.45, 2.75) is 12.8 Å². The van der Waals surface area contributed by atoms with E-state index < -0.39 is 11.8 Å². The van der Waals surface area contributed by atoms with Crippen LogP contribution in [0.25, 0.3) is 0 Å². The topological polar surface area (TPSA) is 79.0 Å². The molecular weight excluding hydrogens is 322 g/mol. The molecule has 1 aromatic rings. The fourth-order valence-corrected chi connectivity index (χ4v) is 3.10. The number of ether oxygens (including phenoxy) is 1. The lowest BCUT2D eigenvalue weighted by Crippen LogP contribution is -2.40. The molecule has 1 saturated heterocycles. The molecule has 134 valence electrons. The summed E-state index contributed by atoms with van der Waals surface area (Å²) in [6.07, 6.45) is 1.86. The number of rotatable bonds is 7. The van der Waals surface area contributed by atoms with Gasteiger partial charge in [0, 0.05) is 19.6 Å². The molecule has 1 fully saturated rings. The molecule has 25 heavy (non-hydrogen) atoms. The van der Waals surface area contributed by atoms with Crippen LogP contribution in [0, 0.1) is 0 Å². The van der Waals surface area contributed by atoms with Crippen LogP contribution in [0.1, 0.15) is 33.6 Å². The van der Waals surface area contributed by atoms with Crippen LogP contribution in [0.3, 0.4) is 0 Å². The van der Waals surface area contributed by atoms with E-state index in [0.717, 1.165) is 50.6 Å². The molecule has 2 heterocycles. The second-order valence-electron chi connectivity index (χ2n) is 6.25. The summed E-state index contributed by atoms with van der Waals surface area (Å²) in [5.74, 6) is -1.10. The number of morpholine rings is 1. The third-order valence-corrected chi connectivity index (χ3v) is 4.51. The van der Waals surface area contributed by atoms with Crippen LogP contribution in [0.5, 0.6) is 0 Å². The SMILES string of the molecule is O=C(CN1C(=O)c2ccccc2C1=O)NCCCCN1CCOCC1. The number of amides is 3. The van der Waals surface area contributed by atoms with E-state index in [1.54, 1.807) is 24.3 Å². The minimum atomic E-state index is -0.400. The normalized spacial score (nSPS) is 17.7. The summed E-state index contributed by atoms with van der Waals surface area (Å²) in [5.41, 5.74) is 0.733. The Bertz CT molecular complexity index is 620. The highest BCUT2D eigenvalue weighted by Gasteiger charge is 2.36. The van der Waals surface area contributed by atoms with E-state index in [9.17, 15) is 14.4 Å². The first-order chi connectivity index (χ1) is 12.2. The zero-order chi connectivity index (χ0) is 17.6. The Balaban J connectivity index is 1.37. The van der Waals surface area contributed by atoms with Crippen molar-refractivity contribution in [3.05, 3.63) is 35.4 Å². The maximum atomic E-state index is 12.2. The van der Waals surface area contributed by atoms with Crippen molar-refractivity contribution in [2.24, 2.45) is 0 Å². The minimum absolute atomic E-state index is 0.226. The van der Waals surface area contributed by atoms with Gasteiger partial charge in [0.1, 0.15) is 6.54 Å². The molecule has 1 N–H and O–H groups in total. The molecule has 0 aromatic heterocycles. The largest absolute Gasteiger partial charge is 0.379 e. The van der Waals surface area contributed by atoms with Gasteiger partial charge in [-0.2, -0.15) is 0 Å². The summed E-state index contributed by atoms with van der Waals surface area (Å²) < 4.78 is 5.30. The minimum Gasteiger partial charge on any atom is -0.379 e. The van der Waals surface area contributed by atoms with Crippen LogP contribution >= 0.6 is 0 Å². The summed E-state index contributed by atoms with van der Waals surface area (Å²) in [5, 5.41) is 2.79. The highest BCUT2D eigenvalue weighted by atomic mass is 16.5.